The van der Waals surface area contributed by atoms with E-state index in [4.69, 9.17) is 23.7 Å². The molecule has 0 radical (unpaired) electrons. The summed E-state index contributed by atoms with van der Waals surface area (Å²) in [6, 6.07) is 33.3. The van der Waals surface area contributed by atoms with Gasteiger partial charge < -0.3 is 23.7 Å². The highest BCUT2D eigenvalue weighted by atomic mass is 16.5. The molecule has 43 heavy (non-hydrogen) atoms. The van der Waals surface area contributed by atoms with Gasteiger partial charge in [-0.3, -0.25) is 0 Å². The first-order chi connectivity index (χ1) is 21.0. The van der Waals surface area contributed by atoms with Crippen LogP contribution in [-0.4, -0.2) is 34.5 Å². The molecule has 0 N–H and O–H groups in total. The first-order valence-electron chi connectivity index (χ1n) is 14.5. The Morgan fingerprint density at radius 3 is 1.91 bits per heavy atom. The summed E-state index contributed by atoms with van der Waals surface area (Å²) in [5, 5.41) is 2.19. The molecule has 1 aliphatic carbocycles. The second kappa shape index (κ2) is 10.6. The van der Waals surface area contributed by atoms with Crippen LogP contribution in [0, 0.1) is 0 Å². The summed E-state index contributed by atoms with van der Waals surface area (Å²) in [5.41, 5.74) is 6.09. The van der Waals surface area contributed by atoms with Gasteiger partial charge in [0.1, 0.15) is 22.8 Å². The van der Waals surface area contributed by atoms with Gasteiger partial charge in [-0.25, -0.2) is 0 Å². The van der Waals surface area contributed by atoms with E-state index in [1.165, 1.54) is 11.1 Å². The molecule has 216 valence electrons. The predicted octanol–water partition coefficient (Wildman–Crippen LogP) is 8.11. The van der Waals surface area contributed by atoms with E-state index in [0.717, 1.165) is 55.8 Å². The molecule has 5 aromatic rings. The molecule has 0 spiro atoms. The van der Waals surface area contributed by atoms with Crippen LogP contribution in [0.5, 0.6) is 17.2 Å². The molecule has 1 aliphatic heterocycles. The van der Waals surface area contributed by atoms with Crippen molar-refractivity contribution in [3.63, 3.8) is 0 Å². The molecule has 0 amide bonds. The number of hydrogen-bond donors (Lipinski definition) is 0. The number of methoxy groups -OCH3 is 3. The van der Waals surface area contributed by atoms with Crippen molar-refractivity contribution in [3.8, 4) is 28.4 Å². The summed E-state index contributed by atoms with van der Waals surface area (Å²) in [5.74, 6) is 2.41. The van der Waals surface area contributed by atoms with Gasteiger partial charge in [0.2, 0.25) is 0 Å². The molecular weight excluding hydrogens is 536 g/mol. The van der Waals surface area contributed by atoms with Crippen LogP contribution in [0.4, 0.5) is 0 Å². The Kier molecular flexibility index (Phi) is 6.72. The summed E-state index contributed by atoms with van der Waals surface area (Å²) >= 11 is 0. The van der Waals surface area contributed by atoms with Gasteiger partial charge in [0.25, 0.3) is 0 Å². The van der Waals surface area contributed by atoms with Gasteiger partial charge in [-0.05, 0) is 59.3 Å². The van der Waals surface area contributed by atoms with Crippen molar-refractivity contribution < 1.29 is 23.7 Å². The minimum Gasteiger partial charge on any atom is -0.497 e. The maximum atomic E-state index is 7.35. The Morgan fingerprint density at radius 2 is 1.28 bits per heavy atom. The van der Waals surface area contributed by atoms with E-state index in [9.17, 15) is 0 Å². The topological polar surface area (TPSA) is 46.2 Å². The second-order valence-electron chi connectivity index (χ2n) is 11.1. The van der Waals surface area contributed by atoms with E-state index < -0.39 is 11.2 Å². The van der Waals surface area contributed by atoms with Crippen molar-refractivity contribution in [2.45, 2.75) is 18.1 Å². The quantitative estimate of drug-likeness (QED) is 0.176. The van der Waals surface area contributed by atoms with Crippen LogP contribution in [0.15, 0.2) is 103 Å². The minimum atomic E-state index is -0.888. The standard InChI is InChI=1S/C38H34O5/c1-37(42-24-23-39-2)33-12-8-7-11-31(33)34-29-9-5-6-10-30(29)36-32(35(34)37)21-22-38(43-36,25-13-17-27(40-3)18-14-25)26-15-19-28(41-4)20-16-26/h5-22H,23-24H2,1-4H3. The van der Waals surface area contributed by atoms with Crippen LogP contribution in [0.25, 0.3) is 28.0 Å². The highest BCUT2D eigenvalue weighted by Crippen LogP contribution is 2.58. The Labute approximate surface area is 252 Å². The van der Waals surface area contributed by atoms with E-state index in [1.807, 2.05) is 24.3 Å². The molecule has 1 heterocycles. The minimum absolute atomic E-state index is 0.467. The molecule has 0 saturated carbocycles. The zero-order chi connectivity index (χ0) is 29.6. The fourth-order valence-corrected chi connectivity index (χ4v) is 6.75. The fraction of sp³-hybridized carbons (Fsp3) is 0.211. The Bertz CT molecular complexity index is 1790. The summed E-state index contributed by atoms with van der Waals surface area (Å²) in [7, 11) is 5.06. The second-order valence-corrected chi connectivity index (χ2v) is 11.1. The molecule has 0 fully saturated rings. The SMILES string of the molecule is COCCOC1(C)c2ccccc2-c2c1c1c(c3ccccc23)OC(c2ccc(OC)cc2)(c2ccc(OC)cc2)C=C1. The van der Waals surface area contributed by atoms with Gasteiger partial charge in [-0.15, -0.1) is 0 Å². The molecule has 0 saturated heterocycles. The van der Waals surface area contributed by atoms with Gasteiger partial charge in [-0.2, -0.15) is 0 Å². The van der Waals surface area contributed by atoms with Crippen LogP contribution in [-0.2, 0) is 20.7 Å². The first-order valence-corrected chi connectivity index (χ1v) is 14.5. The molecule has 2 aliphatic rings. The third-order valence-corrected chi connectivity index (χ3v) is 8.86. The van der Waals surface area contributed by atoms with Gasteiger partial charge in [0.15, 0.2) is 5.60 Å². The van der Waals surface area contributed by atoms with E-state index in [1.54, 1.807) is 21.3 Å². The lowest BCUT2D eigenvalue weighted by Crippen LogP contribution is -2.35. The average Bonchev–Trinajstić information content (AvgIpc) is 3.33. The Balaban J connectivity index is 1.50. The molecule has 7 rings (SSSR count). The monoisotopic (exact) mass is 570 g/mol. The van der Waals surface area contributed by atoms with Gasteiger partial charge in [0.05, 0.1) is 27.4 Å². The van der Waals surface area contributed by atoms with Crippen LogP contribution < -0.4 is 14.2 Å². The first kappa shape index (κ1) is 27.3. The lowest BCUT2D eigenvalue weighted by Gasteiger charge is -2.39. The summed E-state index contributed by atoms with van der Waals surface area (Å²) in [6.45, 7) is 3.15. The van der Waals surface area contributed by atoms with Crippen molar-refractivity contribution in [3.05, 3.63) is 131 Å². The van der Waals surface area contributed by atoms with Gasteiger partial charge >= 0.3 is 0 Å². The molecular formula is C38H34O5. The van der Waals surface area contributed by atoms with Gasteiger partial charge in [0, 0.05) is 34.7 Å². The predicted molar refractivity (Wildman–Crippen MR) is 170 cm³/mol. The van der Waals surface area contributed by atoms with E-state index in [0.29, 0.717) is 13.2 Å². The number of benzene rings is 5. The molecule has 0 bridgehead atoms. The molecule has 0 aromatic heterocycles. The fourth-order valence-electron chi connectivity index (χ4n) is 6.75. The normalized spacial score (nSPS) is 17.6. The zero-order valence-electron chi connectivity index (χ0n) is 24.8. The van der Waals surface area contributed by atoms with Crippen LogP contribution in [0.3, 0.4) is 0 Å². The molecule has 1 atom stereocenters. The van der Waals surface area contributed by atoms with Crippen molar-refractivity contribution in [1.29, 1.82) is 0 Å². The van der Waals surface area contributed by atoms with E-state index >= 15 is 0 Å². The Morgan fingerprint density at radius 1 is 0.674 bits per heavy atom. The van der Waals surface area contributed by atoms with Crippen molar-refractivity contribution in [2.75, 3.05) is 34.5 Å². The largest absolute Gasteiger partial charge is 0.497 e. The Hall–Kier alpha value is -4.58. The smallest absolute Gasteiger partial charge is 0.178 e. The number of rotatable bonds is 8. The molecule has 1 unspecified atom stereocenters. The zero-order valence-corrected chi connectivity index (χ0v) is 24.8. The van der Waals surface area contributed by atoms with E-state index in [2.05, 4.69) is 91.9 Å². The molecule has 5 aromatic carbocycles. The number of ether oxygens (including phenoxy) is 5. The lowest BCUT2D eigenvalue weighted by molar-refractivity contribution is -0.0261. The van der Waals surface area contributed by atoms with Crippen molar-refractivity contribution >= 4 is 16.8 Å². The third kappa shape index (κ3) is 4.15. The van der Waals surface area contributed by atoms with E-state index in [-0.39, 0.29) is 0 Å². The van der Waals surface area contributed by atoms with Crippen LogP contribution in [0.1, 0.15) is 34.7 Å². The van der Waals surface area contributed by atoms with Crippen LogP contribution >= 0.6 is 0 Å². The van der Waals surface area contributed by atoms with Crippen molar-refractivity contribution in [1.82, 2.24) is 0 Å². The summed E-state index contributed by atoms with van der Waals surface area (Å²) in [6.07, 6.45) is 4.40. The molecule has 5 heteroatoms. The van der Waals surface area contributed by atoms with Gasteiger partial charge in [-0.1, -0.05) is 78.9 Å². The average molecular weight is 571 g/mol. The maximum absolute atomic E-state index is 7.35. The highest BCUT2D eigenvalue weighted by molar-refractivity contribution is 6.08. The molecule has 5 nitrogen and oxygen atoms in total. The van der Waals surface area contributed by atoms with Crippen LogP contribution in [0.2, 0.25) is 0 Å². The third-order valence-electron chi connectivity index (χ3n) is 8.86. The highest BCUT2D eigenvalue weighted by Gasteiger charge is 2.46. The number of fused-ring (bicyclic) bond motifs is 8. The maximum Gasteiger partial charge on any atom is 0.178 e. The summed E-state index contributed by atoms with van der Waals surface area (Å²) in [4.78, 5) is 0. The lowest BCUT2D eigenvalue weighted by atomic mass is 9.80. The number of hydrogen-bond acceptors (Lipinski definition) is 5. The summed E-state index contributed by atoms with van der Waals surface area (Å²) < 4.78 is 30.4. The van der Waals surface area contributed by atoms with Crippen molar-refractivity contribution in [2.24, 2.45) is 0 Å².